The van der Waals surface area contributed by atoms with Gasteiger partial charge >= 0.3 is 0 Å². The molecule has 18 heavy (non-hydrogen) atoms. The van der Waals surface area contributed by atoms with Gasteiger partial charge in [-0.15, -0.1) is 0 Å². The number of ether oxygens (including phenoxy) is 1. The van der Waals surface area contributed by atoms with Gasteiger partial charge in [-0.2, -0.15) is 0 Å². The molecule has 1 aromatic carbocycles. The van der Waals surface area contributed by atoms with Crippen LogP contribution in [0.4, 0.5) is 11.4 Å². The highest BCUT2D eigenvalue weighted by Gasteiger charge is 2.24. The first-order chi connectivity index (χ1) is 8.58. The molecule has 6 heteroatoms. The topological polar surface area (TPSA) is 64.4 Å². The normalized spacial score (nSPS) is 20.7. The Bertz CT molecular complexity index is 447. The lowest BCUT2D eigenvalue weighted by molar-refractivity contribution is -0.384. The van der Waals surface area contributed by atoms with Crippen LogP contribution in [0.5, 0.6) is 0 Å². The predicted octanol–water partition coefficient (Wildman–Crippen LogP) is 3.18. The number of rotatable bonds is 4. The van der Waals surface area contributed by atoms with E-state index in [1.807, 2.05) is 13.0 Å². The van der Waals surface area contributed by atoms with Crippen LogP contribution in [-0.2, 0) is 4.74 Å². The van der Waals surface area contributed by atoms with Gasteiger partial charge in [-0.05, 0) is 54.5 Å². The number of hydrogen-bond acceptors (Lipinski definition) is 4. The Kier molecular flexibility index (Phi) is 4.39. The Labute approximate surface area is 119 Å². The molecule has 1 aliphatic rings. The minimum Gasteiger partial charge on any atom is -0.376 e. The van der Waals surface area contributed by atoms with E-state index in [0.29, 0.717) is 5.69 Å². The molecule has 1 aromatic rings. The van der Waals surface area contributed by atoms with E-state index < -0.39 is 0 Å². The molecular weight excluding hydrogens is 347 g/mol. The highest BCUT2D eigenvalue weighted by Crippen LogP contribution is 2.28. The molecule has 0 aromatic heterocycles. The quantitative estimate of drug-likeness (QED) is 0.508. The van der Waals surface area contributed by atoms with Crippen molar-refractivity contribution in [2.24, 2.45) is 0 Å². The number of benzene rings is 1. The van der Waals surface area contributed by atoms with E-state index >= 15 is 0 Å². The van der Waals surface area contributed by atoms with Crippen molar-refractivity contribution in [1.29, 1.82) is 0 Å². The number of nitro groups is 1. The second kappa shape index (κ2) is 5.83. The van der Waals surface area contributed by atoms with Crippen molar-refractivity contribution in [3.05, 3.63) is 31.9 Å². The van der Waals surface area contributed by atoms with E-state index in [0.717, 1.165) is 23.0 Å². The zero-order valence-corrected chi connectivity index (χ0v) is 12.2. The molecule has 5 nitrogen and oxygen atoms in total. The Morgan fingerprint density at radius 1 is 1.61 bits per heavy atom. The third-order valence-electron chi connectivity index (χ3n) is 3.06. The van der Waals surface area contributed by atoms with Crippen molar-refractivity contribution in [1.82, 2.24) is 0 Å². The maximum Gasteiger partial charge on any atom is 0.293 e. The van der Waals surface area contributed by atoms with E-state index in [4.69, 9.17) is 4.74 Å². The Hall–Kier alpha value is -0.890. The minimum absolute atomic E-state index is 0.0752. The maximum absolute atomic E-state index is 11.0. The van der Waals surface area contributed by atoms with Crippen LogP contribution >= 0.6 is 22.6 Å². The highest BCUT2D eigenvalue weighted by atomic mass is 127. The molecule has 0 radical (unpaired) electrons. The van der Waals surface area contributed by atoms with Crippen molar-refractivity contribution < 1.29 is 9.66 Å². The van der Waals surface area contributed by atoms with Crippen LogP contribution in [0.1, 0.15) is 19.8 Å². The number of nitrogens with one attached hydrogen (secondary N) is 1. The lowest BCUT2D eigenvalue weighted by Crippen LogP contribution is -2.30. The van der Waals surface area contributed by atoms with Crippen LogP contribution in [0, 0.1) is 13.7 Å². The van der Waals surface area contributed by atoms with Crippen LogP contribution in [0.15, 0.2) is 18.2 Å². The van der Waals surface area contributed by atoms with Gasteiger partial charge in [-0.1, -0.05) is 0 Å². The highest BCUT2D eigenvalue weighted by molar-refractivity contribution is 14.1. The summed E-state index contributed by atoms with van der Waals surface area (Å²) in [6, 6.07) is 5.26. The van der Waals surface area contributed by atoms with Gasteiger partial charge < -0.3 is 10.1 Å². The summed E-state index contributed by atoms with van der Waals surface area (Å²) in [6.07, 6.45) is 2.21. The van der Waals surface area contributed by atoms with Crippen molar-refractivity contribution in [3.63, 3.8) is 0 Å². The van der Waals surface area contributed by atoms with Gasteiger partial charge in [-0.25, -0.2) is 0 Å². The first kappa shape index (κ1) is 13.5. The molecule has 0 saturated carbocycles. The first-order valence-electron chi connectivity index (χ1n) is 5.90. The molecule has 0 bridgehead atoms. The fraction of sp³-hybridized carbons (Fsp3) is 0.500. The SMILES string of the molecule is CC(Nc1ccc(I)cc1[N+](=O)[O-])C1CCCO1. The molecule has 0 amide bonds. The van der Waals surface area contributed by atoms with Gasteiger partial charge in [0.15, 0.2) is 0 Å². The van der Waals surface area contributed by atoms with Gasteiger partial charge in [0.1, 0.15) is 5.69 Å². The summed E-state index contributed by atoms with van der Waals surface area (Å²) in [4.78, 5) is 10.7. The van der Waals surface area contributed by atoms with E-state index in [2.05, 4.69) is 27.9 Å². The molecule has 2 rings (SSSR count). The number of hydrogen-bond donors (Lipinski definition) is 1. The lowest BCUT2D eigenvalue weighted by Gasteiger charge is -2.21. The molecule has 0 aliphatic carbocycles. The molecule has 1 fully saturated rings. The molecule has 1 aliphatic heterocycles. The summed E-state index contributed by atoms with van der Waals surface area (Å²) in [5.74, 6) is 0. The molecule has 0 spiro atoms. The fourth-order valence-electron chi connectivity index (χ4n) is 2.11. The van der Waals surface area contributed by atoms with Crippen LogP contribution < -0.4 is 5.32 Å². The second-order valence-corrected chi connectivity index (χ2v) is 5.65. The third-order valence-corrected chi connectivity index (χ3v) is 3.73. The minimum atomic E-state index is -0.354. The van der Waals surface area contributed by atoms with E-state index in [-0.39, 0.29) is 22.8 Å². The number of anilines is 1. The Morgan fingerprint density at radius 3 is 3.00 bits per heavy atom. The summed E-state index contributed by atoms with van der Waals surface area (Å²) in [5, 5.41) is 14.2. The largest absolute Gasteiger partial charge is 0.376 e. The van der Waals surface area contributed by atoms with Gasteiger partial charge in [0.05, 0.1) is 11.0 Å². The summed E-state index contributed by atoms with van der Waals surface area (Å²) in [5.41, 5.74) is 0.676. The predicted molar refractivity (Wildman–Crippen MR) is 77.9 cm³/mol. The lowest BCUT2D eigenvalue weighted by atomic mass is 10.1. The standard InChI is InChI=1S/C12H15IN2O3/c1-8(12-3-2-6-18-12)14-10-5-4-9(13)7-11(10)15(16)17/h4-5,7-8,12,14H,2-3,6H2,1H3. The average molecular weight is 362 g/mol. The van der Waals surface area contributed by atoms with E-state index in [1.54, 1.807) is 12.1 Å². The molecule has 98 valence electrons. The van der Waals surface area contributed by atoms with E-state index in [9.17, 15) is 10.1 Å². The molecule has 1 heterocycles. The third kappa shape index (κ3) is 3.11. The van der Waals surface area contributed by atoms with Crippen molar-refractivity contribution in [2.75, 3.05) is 11.9 Å². The smallest absolute Gasteiger partial charge is 0.293 e. The zero-order valence-electron chi connectivity index (χ0n) is 10.1. The second-order valence-electron chi connectivity index (χ2n) is 4.40. The number of halogens is 1. The average Bonchev–Trinajstić information content (AvgIpc) is 2.84. The van der Waals surface area contributed by atoms with Gasteiger partial charge in [-0.3, -0.25) is 10.1 Å². The monoisotopic (exact) mass is 362 g/mol. The first-order valence-corrected chi connectivity index (χ1v) is 6.98. The molecule has 2 unspecified atom stereocenters. The Morgan fingerprint density at radius 2 is 2.39 bits per heavy atom. The van der Waals surface area contributed by atoms with Crippen molar-refractivity contribution >= 4 is 34.0 Å². The maximum atomic E-state index is 11.0. The summed E-state index contributed by atoms with van der Waals surface area (Å²) >= 11 is 2.07. The van der Waals surface area contributed by atoms with Crippen LogP contribution in [-0.4, -0.2) is 23.7 Å². The van der Waals surface area contributed by atoms with E-state index in [1.165, 1.54) is 0 Å². The van der Waals surface area contributed by atoms with Crippen molar-refractivity contribution in [2.45, 2.75) is 31.9 Å². The van der Waals surface area contributed by atoms with Crippen molar-refractivity contribution in [3.8, 4) is 0 Å². The summed E-state index contributed by atoms with van der Waals surface area (Å²) in [7, 11) is 0. The van der Waals surface area contributed by atoms with Crippen LogP contribution in [0.25, 0.3) is 0 Å². The molecule has 2 atom stereocenters. The summed E-state index contributed by atoms with van der Waals surface area (Å²) < 4.78 is 6.43. The zero-order chi connectivity index (χ0) is 13.1. The van der Waals surface area contributed by atoms with Gasteiger partial charge in [0, 0.05) is 22.3 Å². The Balaban J connectivity index is 2.15. The molecule has 1 saturated heterocycles. The fourth-order valence-corrected chi connectivity index (χ4v) is 2.59. The van der Waals surface area contributed by atoms with Crippen LogP contribution in [0.2, 0.25) is 0 Å². The molecular formula is C12H15IN2O3. The van der Waals surface area contributed by atoms with Crippen LogP contribution in [0.3, 0.4) is 0 Å². The molecule has 1 N–H and O–H groups in total. The summed E-state index contributed by atoms with van der Waals surface area (Å²) in [6.45, 7) is 2.78. The van der Waals surface area contributed by atoms with Gasteiger partial charge in [0.25, 0.3) is 5.69 Å². The number of nitrogens with zero attached hydrogens (tertiary/aromatic N) is 1. The van der Waals surface area contributed by atoms with Gasteiger partial charge in [0.2, 0.25) is 0 Å². The number of nitro benzene ring substituents is 1.